The predicted molar refractivity (Wildman–Crippen MR) is 74.9 cm³/mol. The zero-order chi connectivity index (χ0) is 16.4. The zero-order valence-corrected chi connectivity index (χ0v) is 12.5. The van der Waals surface area contributed by atoms with Crippen molar-refractivity contribution >= 4 is 0 Å². The molecule has 4 atom stereocenters. The van der Waals surface area contributed by atoms with Crippen LogP contribution < -0.4 is 4.74 Å². The lowest BCUT2D eigenvalue weighted by atomic mass is 10.0. The van der Waals surface area contributed by atoms with Crippen LogP contribution in [0.1, 0.15) is 37.4 Å². The molecule has 3 rings (SSSR count). The van der Waals surface area contributed by atoms with Crippen molar-refractivity contribution in [3.8, 4) is 5.75 Å². The average molecular weight is 332 g/mol. The van der Waals surface area contributed by atoms with Crippen molar-refractivity contribution in [1.82, 2.24) is 0 Å². The number of ether oxygens (including phenoxy) is 3. The Morgan fingerprint density at radius 2 is 1.91 bits per heavy atom. The standard InChI is InChI=1S/C16H19F3O4/c17-9-1-4-14(23-16(18)19)13(5-9)15(8-20)22-12-6-10-2-3-11(7-12)21-10/h1,4-5,10-12,15-16,20H,2-3,6-8H2/t10-,11+,12-,15-/m0/s1. The highest BCUT2D eigenvalue weighted by atomic mass is 19.3. The molecule has 2 heterocycles. The monoisotopic (exact) mass is 332 g/mol. The highest BCUT2D eigenvalue weighted by molar-refractivity contribution is 5.36. The van der Waals surface area contributed by atoms with Gasteiger partial charge in [-0.15, -0.1) is 0 Å². The highest BCUT2D eigenvalue weighted by Crippen LogP contribution is 2.37. The fraction of sp³-hybridized carbons (Fsp3) is 0.625. The van der Waals surface area contributed by atoms with Gasteiger partial charge >= 0.3 is 6.61 Å². The quantitative estimate of drug-likeness (QED) is 0.869. The van der Waals surface area contributed by atoms with Gasteiger partial charge in [-0.05, 0) is 43.9 Å². The van der Waals surface area contributed by atoms with Gasteiger partial charge < -0.3 is 19.3 Å². The van der Waals surface area contributed by atoms with Crippen molar-refractivity contribution in [2.24, 2.45) is 0 Å². The number of aliphatic hydroxyl groups is 1. The summed E-state index contributed by atoms with van der Waals surface area (Å²) in [5, 5.41) is 9.59. The third-order valence-corrected chi connectivity index (χ3v) is 4.30. The summed E-state index contributed by atoms with van der Waals surface area (Å²) in [5.74, 6) is -0.786. The number of alkyl halides is 2. The van der Waals surface area contributed by atoms with Gasteiger partial charge in [-0.1, -0.05) is 0 Å². The number of hydrogen-bond donors (Lipinski definition) is 1. The predicted octanol–water partition coefficient (Wildman–Crippen LogP) is 3.19. The molecule has 0 unspecified atom stereocenters. The van der Waals surface area contributed by atoms with Gasteiger partial charge in [0.05, 0.1) is 24.9 Å². The number of hydrogen-bond acceptors (Lipinski definition) is 4. The molecule has 1 aromatic carbocycles. The van der Waals surface area contributed by atoms with Crippen LogP contribution in [0.15, 0.2) is 18.2 Å². The average Bonchev–Trinajstić information content (AvgIpc) is 2.85. The van der Waals surface area contributed by atoms with Crippen molar-refractivity contribution in [3.63, 3.8) is 0 Å². The number of benzene rings is 1. The van der Waals surface area contributed by atoms with Crippen LogP contribution >= 0.6 is 0 Å². The Hall–Kier alpha value is -1.31. The van der Waals surface area contributed by atoms with Gasteiger partial charge in [-0.3, -0.25) is 0 Å². The molecule has 0 amide bonds. The number of rotatable bonds is 6. The lowest BCUT2D eigenvalue weighted by molar-refractivity contribution is -0.116. The molecule has 2 bridgehead atoms. The summed E-state index contributed by atoms with van der Waals surface area (Å²) in [6.07, 6.45) is 2.55. The second kappa shape index (κ2) is 7.07. The molecule has 4 nitrogen and oxygen atoms in total. The Labute approximate surface area is 132 Å². The highest BCUT2D eigenvalue weighted by Gasteiger charge is 2.37. The van der Waals surface area contributed by atoms with Crippen LogP contribution in [-0.2, 0) is 9.47 Å². The van der Waals surface area contributed by atoms with Crippen molar-refractivity contribution in [3.05, 3.63) is 29.6 Å². The van der Waals surface area contributed by atoms with E-state index in [1.54, 1.807) is 0 Å². The van der Waals surface area contributed by atoms with E-state index in [9.17, 15) is 18.3 Å². The van der Waals surface area contributed by atoms with E-state index in [4.69, 9.17) is 9.47 Å². The number of halogens is 3. The van der Waals surface area contributed by atoms with E-state index >= 15 is 0 Å². The largest absolute Gasteiger partial charge is 0.434 e. The number of aliphatic hydroxyl groups excluding tert-OH is 1. The van der Waals surface area contributed by atoms with Gasteiger partial charge in [-0.25, -0.2) is 4.39 Å². The molecule has 2 saturated heterocycles. The maximum atomic E-state index is 13.5. The molecule has 2 aliphatic rings. The molecule has 0 spiro atoms. The third kappa shape index (κ3) is 3.97. The first-order valence-corrected chi connectivity index (χ1v) is 7.71. The van der Waals surface area contributed by atoms with E-state index in [1.807, 2.05) is 0 Å². The van der Waals surface area contributed by atoms with Crippen molar-refractivity contribution < 1.29 is 32.5 Å². The van der Waals surface area contributed by atoms with Gasteiger partial charge in [0, 0.05) is 5.56 Å². The van der Waals surface area contributed by atoms with Crippen LogP contribution in [0.3, 0.4) is 0 Å². The molecule has 1 aromatic rings. The molecule has 0 aromatic heterocycles. The Bertz CT molecular complexity index is 528. The molecule has 7 heteroatoms. The SMILES string of the molecule is OC[C@H](O[C@@H]1C[C@H]2CC[C@@H](C1)O2)c1cc(F)ccc1OC(F)F. The van der Waals surface area contributed by atoms with E-state index < -0.39 is 25.1 Å². The molecule has 2 aliphatic heterocycles. The summed E-state index contributed by atoms with van der Waals surface area (Å²) < 4.78 is 54.5. The van der Waals surface area contributed by atoms with Gasteiger partial charge in [0.2, 0.25) is 0 Å². The molecular weight excluding hydrogens is 313 g/mol. The Morgan fingerprint density at radius 1 is 1.22 bits per heavy atom. The van der Waals surface area contributed by atoms with Gasteiger partial charge in [0.15, 0.2) is 0 Å². The summed E-state index contributed by atoms with van der Waals surface area (Å²) in [6.45, 7) is -3.48. The van der Waals surface area contributed by atoms with Gasteiger partial charge in [0.25, 0.3) is 0 Å². The third-order valence-electron chi connectivity index (χ3n) is 4.30. The van der Waals surface area contributed by atoms with Crippen molar-refractivity contribution in [1.29, 1.82) is 0 Å². The first kappa shape index (κ1) is 16.5. The topological polar surface area (TPSA) is 47.9 Å². The van der Waals surface area contributed by atoms with Crippen molar-refractivity contribution in [2.75, 3.05) is 6.61 Å². The summed E-state index contributed by atoms with van der Waals surface area (Å²) >= 11 is 0. The lowest BCUT2D eigenvalue weighted by Gasteiger charge is -2.31. The first-order chi connectivity index (χ1) is 11.0. The number of fused-ring (bicyclic) bond motifs is 2. The van der Waals surface area contributed by atoms with E-state index in [2.05, 4.69) is 4.74 Å². The van der Waals surface area contributed by atoms with E-state index in [0.717, 1.165) is 31.0 Å². The summed E-state index contributed by atoms with van der Waals surface area (Å²) in [7, 11) is 0. The second-order valence-corrected chi connectivity index (χ2v) is 5.92. The lowest BCUT2D eigenvalue weighted by Crippen LogP contribution is -2.32. The van der Waals surface area contributed by atoms with Crippen LogP contribution in [0.2, 0.25) is 0 Å². The van der Waals surface area contributed by atoms with Gasteiger partial charge in [-0.2, -0.15) is 8.78 Å². The Kier molecular flexibility index (Phi) is 5.08. The molecule has 0 aliphatic carbocycles. The minimum Gasteiger partial charge on any atom is -0.434 e. The fourth-order valence-electron chi connectivity index (χ4n) is 3.34. The Morgan fingerprint density at radius 3 is 2.52 bits per heavy atom. The first-order valence-electron chi connectivity index (χ1n) is 7.71. The summed E-state index contributed by atoms with van der Waals surface area (Å²) in [4.78, 5) is 0. The summed E-state index contributed by atoms with van der Waals surface area (Å²) in [6, 6.07) is 3.22. The molecule has 0 radical (unpaired) electrons. The zero-order valence-electron chi connectivity index (χ0n) is 12.5. The molecular formula is C16H19F3O4. The van der Waals surface area contributed by atoms with Gasteiger partial charge in [0.1, 0.15) is 17.7 Å². The minimum absolute atomic E-state index is 0.0895. The van der Waals surface area contributed by atoms with E-state index in [-0.39, 0.29) is 29.6 Å². The Balaban J connectivity index is 1.76. The molecule has 2 fully saturated rings. The van der Waals surface area contributed by atoms with E-state index in [0.29, 0.717) is 12.8 Å². The van der Waals surface area contributed by atoms with Crippen LogP contribution in [0.4, 0.5) is 13.2 Å². The van der Waals surface area contributed by atoms with E-state index in [1.165, 1.54) is 0 Å². The van der Waals surface area contributed by atoms with Crippen LogP contribution in [0, 0.1) is 5.82 Å². The maximum Gasteiger partial charge on any atom is 0.387 e. The fourth-order valence-corrected chi connectivity index (χ4v) is 3.34. The smallest absolute Gasteiger partial charge is 0.387 e. The normalized spacial score (nSPS) is 28.1. The van der Waals surface area contributed by atoms with Crippen LogP contribution in [0.25, 0.3) is 0 Å². The minimum atomic E-state index is -3.03. The molecule has 23 heavy (non-hydrogen) atoms. The molecule has 0 saturated carbocycles. The molecule has 1 N–H and O–H groups in total. The van der Waals surface area contributed by atoms with Crippen LogP contribution in [-0.4, -0.2) is 36.6 Å². The van der Waals surface area contributed by atoms with Crippen LogP contribution in [0.5, 0.6) is 5.75 Å². The molecule has 128 valence electrons. The maximum absolute atomic E-state index is 13.5. The second-order valence-electron chi connectivity index (χ2n) is 5.92. The van der Waals surface area contributed by atoms with Crippen molar-refractivity contribution in [2.45, 2.75) is 56.7 Å². The summed E-state index contributed by atoms with van der Waals surface area (Å²) in [5.41, 5.74) is 0.0895.